The van der Waals surface area contributed by atoms with Gasteiger partial charge in [-0.15, -0.1) is 0 Å². The largest absolute Gasteiger partial charge is 0.469 e. The van der Waals surface area contributed by atoms with E-state index < -0.39 is 0 Å². The molecular weight excluding hydrogens is 116 g/mol. The van der Waals surface area contributed by atoms with E-state index in [0.29, 0.717) is 0 Å². The predicted octanol–water partition coefficient (Wildman–Crippen LogP) is 1.39. The predicted molar refractivity (Wildman–Crippen MR) is 33.6 cm³/mol. The van der Waals surface area contributed by atoms with Gasteiger partial charge in [-0.3, -0.25) is 4.79 Å². The second-order valence-corrected chi connectivity index (χ2v) is 1.92. The van der Waals surface area contributed by atoms with Gasteiger partial charge in [0.1, 0.15) is 5.76 Å². The normalized spacial score (nSPS) is 20.3. The molecule has 0 aromatic rings. The first-order chi connectivity index (χ1) is 4.29. The summed E-state index contributed by atoms with van der Waals surface area (Å²) in [5, 5.41) is 0. The van der Waals surface area contributed by atoms with Gasteiger partial charge in [-0.05, 0) is 13.0 Å². The highest BCUT2D eigenvalue weighted by Gasteiger charge is 2.00. The van der Waals surface area contributed by atoms with Crippen molar-refractivity contribution >= 4 is 5.78 Å². The zero-order valence-electron chi connectivity index (χ0n) is 5.26. The van der Waals surface area contributed by atoms with E-state index in [1.807, 2.05) is 6.08 Å². The third-order valence-electron chi connectivity index (χ3n) is 0.999. The lowest BCUT2D eigenvalue weighted by Crippen LogP contribution is -1.85. The van der Waals surface area contributed by atoms with Crippen molar-refractivity contribution in [2.45, 2.75) is 13.3 Å². The summed E-state index contributed by atoms with van der Waals surface area (Å²) in [6.07, 6.45) is 5.71. The average Bonchev–Trinajstić information content (AvgIpc) is 2.15. The summed E-state index contributed by atoms with van der Waals surface area (Å²) in [6.45, 7) is 1.51. The first-order valence-corrected chi connectivity index (χ1v) is 2.82. The van der Waals surface area contributed by atoms with Crippen LogP contribution >= 0.6 is 0 Å². The van der Waals surface area contributed by atoms with Crippen molar-refractivity contribution in [3.8, 4) is 0 Å². The summed E-state index contributed by atoms with van der Waals surface area (Å²) in [5.41, 5.74) is 0. The highest BCUT2D eigenvalue weighted by Crippen LogP contribution is 2.11. The van der Waals surface area contributed by atoms with Crippen LogP contribution < -0.4 is 0 Å². The molecule has 0 aromatic heterocycles. The molecule has 0 N–H and O–H groups in total. The van der Waals surface area contributed by atoms with Gasteiger partial charge >= 0.3 is 0 Å². The van der Waals surface area contributed by atoms with E-state index in [1.165, 1.54) is 13.0 Å². The second kappa shape index (κ2) is 2.49. The van der Waals surface area contributed by atoms with Gasteiger partial charge < -0.3 is 4.74 Å². The van der Waals surface area contributed by atoms with E-state index >= 15 is 0 Å². The molecule has 0 unspecified atom stereocenters. The van der Waals surface area contributed by atoms with Crippen molar-refractivity contribution in [2.75, 3.05) is 0 Å². The first-order valence-electron chi connectivity index (χ1n) is 2.82. The van der Waals surface area contributed by atoms with Crippen molar-refractivity contribution in [3.63, 3.8) is 0 Å². The van der Waals surface area contributed by atoms with Crippen LogP contribution in [0.25, 0.3) is 0 Å². The summed E-state index contributed by atoms with van der Waals surface area (Å²) in [5.74, 6) is 0.774. The molecular formula is C7H8O2. The Morgan fingerprint density at radius 3 is 3.11 bits per heavy atom. The maximum Gasteiger partial charge on any atom is 0.155 e. The summed E-state index contributed by atoms with van der Waals surface area (Å²) in [7, 11) is 0. The van der Waals surface area contributed by atoms with Crippen LogP contribution in [0.15, 0.2) is 24.2 Å². The van der Waals surface area contributed by atoms with Crippen LogP contribution in [0.5, 0.6) is 0 Å². The van der Waals surface area contributed by atoms with E-state index in [4.69, 9.17) is 4.74 Å². The van der Waals surface area contributed by atoms with E-state index in [0.717, 1.165) is 12.2 Å². The van der Waals surface area contributed by atoms with E-state index in [2.05, 4.69) is 0 Å². The third-order valence-corrected chi connectivity index (χ3v) is 0.999. The molecule has 2 nitrogen and oxygen atoms in total. The maximum absolute atomic E-state index is 10.4. The average molecular weight is 124 g/mol. The summed E-state index contributed by atoms with van der Waals surface area (Å²) < 4.78 is 4.92. The Hall–Kier alpha value is -1.05. The molecule has 1 aliphatic rings. The molecule has 9 heavy (non-hydrogen) atoms. The number of hydrogen-bond donors (Lipinski definition) is 0. The molecule has 0 amide bonds. The quantitative estimate of drug-likeness (QED) is 0.494. The van der Waals surface area contributed by atoms with Gasteiger partial charge in [-0.1, -0.05) is 0 Å². The fraction of sp³-hybridized carbons (Fsp3) is 0.286. The van der Waals surface area contributed by atoms with Crippen molar-refractivity contribution in [1.29, 1.82) is 0 Å². The molecule has 0 saturated heterocycles. The minimum atomic E-state index is 0.0358. The molecule has 1 heterocycles. The Balaban J connectivity index is 2.53. The lowest BCUT2D eigenvalue weighted by Gasteiger charge is -1.92. The molecule has 0 saturated carbocycles. The molecule has 0 aliphatic carbocycles. The number of ether oxygens (including phenoxy) is 1. The van der Waals surface area contributed by atoms with Crippen LogP contribution in [-0.2, 0) is 9.53 Å². The Labute approximate surface area is 53.8 Å². The van der Waals surface area contributed by atoms with E-state index in [-0.39, 0.29) is 5.78 Å². The van der Waals surface area contributed by atoms with Crippen LogP contribution in [0.2, 0.25) is 0 Å². The number of carbonyl (C=O) groups is 1. The van der Waals surface area contributed by atoms with Crippen LogP contribution in [0.3, 0.4) is 0 Å². The van der Waals surface area contributed by atoms with E-state index in [1.54, 1.807) is 6.26 Å². The topological polar surface area (TPSA) is 26.3 Å². The Bertz CT molecular complexity index is 167. The molecule has 1 rings (SSSR count). The van der Waals surface area contributed by atoms with Gasteiger partial charge in [0.15, 0.2) is 5.78 Å². The van der Waals surface area contributed by atoms with Crippen LogP contribution in [-0.4, -0.2) is 5.78 Å². The molecule has 2 heteroatoms. The number of rotatable bonds is 1. The van der Waals surface area contributed by atoms with Crippen molar-refractivity contribution < 1.29 is 9.53 Å². The molecule has 0 atom stereocenters. The fourth-order valence-corrected chi connectivity index (χ4v) is 0.668. The Morgan fingerprint density at radius 1 is 1.89 bits per heavy atom. The number of carbonyl (C=O) groups excluding carboxylic acids is 1. The first kappa shape index (κ1) is 6.08. The van der Waals surface area contributed by atoms with E-state index in [9.17, 15) is 4.79 Å². The Morgan fingerprint density at radius 2 is 2.67 bits per heavy atom. The molecule has 0 radical (unpaired) electrons. The third kappa shape index (κ3) is 1.72. The molecule has 48 valence electrons. The van der Waals surface area contributed by atoms with Crippen LogP contribution in [0, 0.1) is 0 Å². The number of allylic oxidation sites excluding steroid dienone is 2. The SMILES string of the molecule is CC(=O)C=C1CC=CO1. The monoisotopic (exact) mass is 124 g/mol. The molecule has 0 fully saturated rings. The maximum atomic E-state index is 10.4. The molecule has 1 aliphatic heterocycles. The lowest BCUT2D eigenvalue weighted by molar-refractivity contribution is -0.112. The van der Waals surface area contributed by atoms with Gasteiger partial charge in [-0.2, -0.15) is 0 Å². The molecule has 0 aromatic carbocycles. The zero-order chi connectivity index (χ0) is 6.69. The molecule has 0 spiro atoms. The van der Waals surface area contributed by atoms with Gasteiger partial charge in [0.2, 0.25) is 0 Å². The van der Waals surface area contributed by atoms with Crippen molar-refractivity contribution in [3.05, 3.63) is 24.2 Å². The summed E-state index contributed by atoms with van der Waals surface area (Å²) in [6, 6.07) is 0. The van der Waals surface area contributed by atoms with Gasteiger partial charge in [0.25, 0.3) is 0 Å². The minimum Gasteiger partial charge on any atom is -0.469 e. The highest BCUT2D eigenvalue weighted by atomic mass is 16.5. The smallest absolute Gasteiger partial charge is 0.155 e. The zero-order valence-corrected chi connectivity index (χ0v) is 5.26. The molecule has 0 bridgehead atoms. The van der Waals surface area contributed by atoms with Gasteiger partial charge in [-0.25, -0.2) is 0 Å². The minimum absolute atomic E-state index is 0.0358. The van der Waals surface area contributed by atoms with Crippen LogP contribution in [0.4, 0.5) is 0 Å². The highest BCUT2D eigenvalue weighted by molar-refractivity contribution is 5.87. The number of ketones is 1. The lowest BCUT2D eigenvalue weighted by atomic mass is 10.3. The van der Waals surface area contributed by atoms with Gasteiger partial charge in [0, 0.05) is 12.5 Å². The second-order valence-electron chi connectivity index (χ2n) is 1.92. The van der Waals surface area contributed by atoms with Crippen LogP contribution in [0.1, 0.15) is 13.3 Å². The number of hydrogen-bond acceptors (Lipinski definition) is 2. The summed E-state index contributed by atoms with van der Waals surface area (Å²) >= 11 is 0. The standard InChI is InChI=1S/C7H8O2/c1-6(8)5-7-3-2-4-9-7/h2,4-5H,3H2,1H3. The van der Waals surface area contributed by atoms with Crippen molar-refractivity contribution in [2.24, 2.45) is 0 Å². The summed E-state index contributed by atoms with van der Waals surface area (Å²) in [4.78, 5) is 10.4. The fourth-order valence-electron chi connectivity index (χ4n) is 0.668. The van der Waals surface area contributed by atoms with Gasteiger partial charge in [0.05, 0.1) is 6.26 Å². The van der Waals surface area contributed by atoms with Crippen molar-refractivity contribution in [1.82, 2.24) is 0 Å². The Kier molecular flexibility index (Phi) is 1.68.